The second-order valence-corrected chi connectivity index (χ2v) is 7.11. The molecule has 0 radical (unpaired) electrons. The highest BCUT2D eigenvalue weighted by Gasteiger charge is 2.23. The van der Waals surface area contributed by atoms with E-state index in [0.29, 0.717) is 11.6 Å². The van der Waals surface area contributed by atoms with Crippen molar-refractivity contribution in [3.05, 3.63) is 35.4 Å². The molecule has 4 nitrogen and oxygen atoms in total. The summed E-state index contributed by atoms with van der Waals surface area (Å²) in [6.07, 6.45) is 8.11. The molecular formula is C19H28N2O2. The van der Waals surface area contributed by atoms with Gasteiger partial charge in [0.1, 0.15) is 0 Å². The van der Waals surface area contributed by atoms with Gasteiger partial charge in [0.2, 0.25) is 0 Å². The van der Waals surface area contributed by atoms with Gasteiger partial charge in [-0.05, 0) is 62.4 Å². The van der Waals surface area contributed by atoms with Gasteiger partial charge in [0.05, 0.1) is 5.56 Å². The molecule has 1 aliphatic carbocycles. The van der Waals surface area contributed by atoms with E-state index < -0.39 is 5.97 Å². The fourth-order valence-electron chi connectivity index (χ4n) is 3.95. The molecule has 1 saturated carbocycles. The minimum Gasteiger partial charge on any atom is -0.478 e. The molecule has 2 fully saturated rings. The van der Waals surface area contributed by atoms with Crippen molar-refractivity contribution < 1.29 is 9.90 Å². The van der Waals surface area contributed by atoms with Gasteiger partial charge in [-0.2, -0.15) is 0 Å². The number of likely N-dealkylation sites (tertiary alicyclic amines) is 1. The average Bonchev–Trinajstić information content (AvgIpc) is 3.07. The van der Waals surface area contributed by atoms with Crippen molar-refractivity contribution >= 4 is 5.97 Å². The molecule has 1 heterocycles. The molecule has 0 spiro atoms. The van der Waals surface area contributed by atoms with Gasteiger partial charge in [0, 0.05) is 19.1 Å². The van der Waals surface area contributed by atoms with E-state index >= 15 is 0 Å². The van der Waals surface area contributed by atoms with Gasteiger partial charge in [0.15, 0.2) is 0 Å². The van der Waals surface area contributed by atoms with E-state index in [1.807, 2.05) is 12.1 Å². The van der Waals surface area contributed by atoms with Gasteiger partial charge < -0.3 is 15.3 Å². The molecule has 1 aliphatic heterocycles. The number of carboxylic acid groups (broad SMARTS) is 1. The van der Waals surface area contributed by atoms with Gasteiger partial charge >= 0.3 is 5.97 Å². The second kappa shape index (κ2) is 7.93. The third-order valence-corrected chi connectivity index (χ3v) is 5.35. The molecule has 0 atom stereocenters. The summed E-state index contributed by atoms with van der Waals surface area (Å²) in [5, 5.41) is 12.6. The average molecular weight is 316 g/mol. The molecule has 0 unspecified atom stereocenters. The molecule has 1 aromatic rings. The lowest BCUT2D eigenvalue weighted by Crippen LogP contribution is -2.43. The van der Waals surface area contributed by atoms with Gasteiger partial charge in [-0.25, -0.2) is 4.79 Å². The van der Waals surface area contributed by atoms with Crippen LogP contribution in [0.1, 0.15) is 54.4 Å². The first-order valence-corrected chi connectivity index (χ1v) is 8.98. The first kappa shape index (κ1) is 16.5. The van der Waals surface area contributed by atoms with Crippen molar-refractivity contribution in [2.45, 2.75) is 51.1 Å². The number of rotatable bonds is 6. The molecule has 4 heteroatoms. The van der Waals surface area contributed by atoms with Crippen LogP contribution in [0.5, 0.6) is 0 Å². The van der Waals surface area contributed by atoms with Gasteiger partial charge in [0.25, 0.3) is 0 Å². The Balaban J connectivity index is 1.40. The van der Waals surface area contributed by atoms with Crippen molar-refractivity contribution in [1.82, 2.24) is 10.2 Å². The summed E-state index contributed by atoms with van der Waals surface area (Å²) >= 11 is 0. The Morgan fingerprint density at radius 1 is 1.17 bits per heavy atom. The monoisotopic (exact) mass is 316 g/mol. The number of carboxylic acids is 1. The number of nitrogens with zero attached hydrogens (tertiary/aromatic N) is 1. The van der Waals surface area contributed by atoms with Crippen molar-refractivity contribution in [3.8, 4) is 0 Å². The first-order chi connectivity index (χ1) is 11.2. The lowest BCUT2D eigenvalue weighted by atomic mass is 10.0. The number of hydrogen-bond donors (Lipinski definition) is 2. The maximum atomic E-state index is 11.0. The van der Waals surface area contributed by atoms with Crippen molar-refractivity contribution in [1.29, 1.82) is 0 Å². The Bertz CT molecular complexity index is 518. The van der Waals surface area contributed by atoms with Gasteiger partial charge in [-0.3, -0.25) is 0 Å². The van der Waals surface area contributed by atoms with E-state index in [0.717, 1.165) is 18.0 Å². The van der Waals surface area contributed by atoms with Crippen LogP contribution in [0.4, 0.5) is 0 Å². The summed E-state index contributed by atoms with van der Waals surface area (Å²) in [6.45, 7) is 4.45. The minimum atomic E-state index is -0.855. The van der Waals surface area contributed by atoms with E-state index in [1.54, 1.807) is 12.1 Å². The van der Waals surface area contributed by atoms with Crippen LogP contribution < -0.4 is 5.32 Å². The summed E-state index contributed by atoms with van der Waals surface area (Å²) in [5.41, 5.74) is 1.42. The largest absolute Gasteiger partial charge is 0.478 e. The summed E-state index contributed by atoms with van der Waals surface area (Å²) in [4.78, 5) is 13.6. The van der Waals surface area contributed by atoms with Crippen LogP contribution >= 0.6 is 0 Å². The molecule has 3 rings (SSSR count). The van der Waals surface area contributed by atoms with Crippen LogP contribution in [-0.2, 0) is 6.54 Å². The van der Waals surface area contributed by atoms with Crippen LogP contribution in [0.2, 0.25) is 0 Å². The normalized spacial score (nSPS) is 20.9. The number of piperidine rings is 1. The number of hydrogen-bond acceptors (Lipinski definition) is 3. The Morgan fingerprint density at radius 3 is 2.61 bits per heavy atom. The highest BCUT2D eigenvalue weighted by atomic mass is 16.4. The van der Waals surface area contributed by atoms with Crippen LogP contribution in [0, 0.1) is 5.92 Å². The predicted octanol–water partition coefficient (Wildman–Crippen LogP) is 3.13. The Hall–Kier alpha value is -1.39. The summed E-state index contributed by atoms with van der Waals surface area (Å²) < 4.78 is 0. The number of carbonyl (C=O) groups is 1. The molecule has 23 heavy (non-hydrogen) atoms. The van der Waals surface area contributed by atoms with Crippen LogP contribution in [0.3, 0.4) is 0 Å². The summed E-state index contributed by atoms with van der Waals surface area (Å²) in [7, 11) is 0. The molecular weight excluding hydrogens is 288 g/mol. The number of benzene rings is 1. The predicted molar refractivity (Wildman–Crippen MR) is 91.7 cm³/mol. The SMILES string of the molecule is O=C(O)c1cccc(CNC2CCN(CC3CCCC3)CC2)c1. The van der Waals surface area contributed by atoms with Crippen molar-refractivity contribution in [2.75, 3.05) is 19.6 Å². The summed E-state index contributed by atoms with van der Waals surface area (Å²) in [5.74, 6) is 0.0883. The Kier molecular flexibility index (Phi) is 5.68. The van der Waals surface area contributed by atoms with Crippen LogP contribution in [0.25, 0.3) is 0 Å². The zero-order valence-electron chi connectivity index (χ0n) is 13.8. The standard InChI is InChI=1S/C19H28N2O2/c22-19(23)17-7-3-6-16(12-17)13-20-18-8-10-21(11-9-18)14-15-4-1-2-5-15/h3,6-7,12,15,18,20H,1-2,4-5,8-11,13-14H2,(H,22,23). The Morgan fingerprint density at radius 2 is 1.91 bits per heavy atom. The maximum Gasteiger partial charge on any atom is 0.335 e. The topological polar surface area (TPSA) is 52.6 Å². The third kappa shape index (κ3) is 4.79. The smallest absolute Gasteiger partial charge is 0.335 e. The van der Waals surface area contributed by atoms with E-state index in [9.17, 15) is 4.79 Å². The second-order valence-electron chi connectivity index (χ2n) is 7.11. The molecule has 1 aromatic carbocycles. The maximum absolute atomic E-state index is 11.0. The lowest BCUT2D eigenvalue weighted by Gasteiger charge is -2.34. The highest BCUT2D eigenvalue weighted by Crippen LogP contribution is 2.26. The number of nitrogens with one attached hydrogen (secondary N) is 1. The first-order valence-electron chi connectivity index (χ1n) is 8.98. The fraction of sp³-hybridized carbons (Fsp3) is 0.632. The molecule has 0 amide bonds. The van der Waals surface area contributed by atoms with Crippen molar-refractivity contribution in [3.63, 3.8) is 0 Å². The molecule has 0 aromatic heterocycles. The van der Waals surface area contributed by atoms with E-state index in [1.165, 1.54) is 58.2 Å². The van der Waals surface area contributed by atoms with Crippen LogP contribution in [0.15, 0.2) is 24.3 Å². The van der Waals surface area contributed by atoms with Crippen molar-refractivity contribution in [2.24, 2.45) is 5.92 Å². The third-order valence-electron chi connectivity index (χ3n) is 5.35. The van der Waals surface area contributed by atoms with Crippen LogP contribution in [-0.4, -0.2) is 41.7 Å². The molecule has 126 valence electrons. The quantitative estimate of drug-likeness (QED) is 0.846. The lowest BCUT2D eigenvalue weighted by molar-refractivity contribution is 0.0696. The molecule has 1 saturated heterocycles. The highest BCUT2D eigenvalue weighted by molar-refractivity contribution is 5.87. The Labute approximate surface area is 138 Å². The molecule has 2 aliphatic rings. The van der Waals surface area contributed by atoms with E-state index in [2.05, 4.69) is 10.2 Å². The summed E-state index contributed by atoms with van der Waals surface area (Å²) in [6, 6.07) is 7.79. The molecule has 2 N–H and O–H groups in total. The zero-order valence-corrected chi connectivity index (χ0v) is 13.8. The number of aromatic carboxylic acids is 1. The van der Waals surface area contributed by atoms with E-state index in [4.69, 9.17) is 5.11 Å². The molecule has 0 bridgehead atoms. The fourth-order valence-corrected chi connectivity index (χ4v) is 3.95. The van der Waals surface area contributed by atoms with Gasteiger partial charge in [-0.1, -0.05) is 25.0 Å². The zero-order chi connectivity index (χ0) is 16.1. The minimum absolute atomic E-state index is 0.371. The van der Waals surface area contributed by atoms with Gasteiger partial charge in [-0.15, -0.1) is 0 Å². The van der Waals surface area contributed by atoms with E-state index in [-0.39, 0.29) is 0 Å².